The van der Waals surface area contributed by atoms with Gasteiger partial charge in [-0.3, -0.25) is 14.6 Å². The van der Waals surface area contributed by atoms with Crippen molar-refractivity contribution in [2.75, 3.05) is 7.11 Å². The van der Waals surface area contributed by atoms with Gasteiger partial charge in [-0.15, -0.1) is 0 Å². The summed E-state index contributed by atoms with van der Waals surface area (Å²) in [6.07, 6.45) is 1.75. The lowest BCUT2D eigenvalue weighted by Gasteiger charge is -2.31. The highest BCUT2D eigenvalue weighted by Gasteiger charge is 2.41. The molecule has 0 radical (unpaired) electrons. The Morgan fingerprint density at radius 3 is 2.20 bits per heavy atom. The van der Waals surface area contributed by atoms with Gasteiger partial charge in [-0.1, -0.05) is 30.3 Å². The van der Waals surface area contributed by atoms with Crippen molar-refractivity contribution in [1.29, 1.82) is 0 Å². The van der Waals surface area contributed by atoms with E-state index < -0.39 is 41.3 Å². The first-order valence-electron chi connectivity index (χ1n) is 11.6. The Kier molecular flexibility index (Phi) is 9.80. The second-order valence-corrected chi connectivity index (χ2v) is 10.3. The second-order valence-electron chi connectivity index (χ2n) is 10.3. The van der Waals surface area contributed by atoms with Gasteiger partial charge in [0.15, 0.2) is 12.2 Å². The van der Waals surface area contributed by atoms with Gasteiger partial charge in [0.1, 0.15) is 18.0 Å². The van der Waals surface area contributed by atoms with E-state index in [0.717, 1.165) is 5.56 Å². The molecule has 0 aliphatic rings. The van der Waals surface area contributed by atoms with Crippen LogP contribution in [0.15, 0.2) is 48.8 Å². The number of methoxy groups -OCH3 is 1. The molecule has 8 heteroatoms. The quantitative estimate of drug-likeness (QED) is 0.299. The van der Waals surface area contributed by atoms with E-state index >= 15 is 0 Å². The van der Waals surface area contributed by atoms with E-state index in [1.165, 1.54) is 13.3 Å². The lowest BCUT2D eigenvalue weighted by atomic mass is 9.83. The summed E-state index contributed by atoms with van der Waals surface area (Å²) >= 11 is 0. The van der Waals surface area contributed by atoms with E-state index in [-0.39, 0.29) is 6.42 Å². The van der Waals surface area contributed by atoms with Gasteiger partial charge in [-0.2, -0.15) is 0 Å². The van der Waals surface area contributed by atoms with Gasteiger partial charge in [0.05, 0.1) is 18.9 Å². The molecule has 1 aromatic heterocycles. The van der Waals surface area contributed by atoms with Crippen molar-refractivity contribution in [3.05, 3.63) is 59.9 Å². The van der Waals surface area contributed by atoms with Crippen molar-refractivity contribution in [3.8, 4) is 5.75 Å². The zero-order chi connectivity index (χ0) is 26.2. The van der Waals surface area contributed by atoms with E-state index in [1.807, 2.05) is 30.3 Å². The Morgan fingerprint density at radius 2 is 1.63 bits per heavy atom. The van der Waals surface area contributed by atoms with Crippen LogP contribution in [0.2, 0.25) is 0 Å². The average Bonchev–Trinajstić information content (AvgIpc) is 2.75. The normalized spacial score (nSPS) is 14.5. The zero-order valence-electron chi connectivity index (χ0n) is 21.6. The van der Waals surface area contributed by atoms with Crippen molar-refractivity contribution in [1.82, 2.24) is 4.98 Å². The fourth-order valence-corrected chi connectivity index (χ4v) is 3.51. The number of pyridine rings is 1. The van der Waals surface area contributed by atoms with Crippen molar-refractivity contribution < 1.29 is 33.6 Å². The number of carbonyl (C=O) groups excluding carboxylic acids is 2. The third kappa shape index (κ3) is 9.66. The Labute approximate surface area is 207 Å². The van der Waals surface area contributed by atoms with Gasteiger partial charge in [-0.25, -0.2) is 0 Å². The monoisotopic (exact) mass is 487 g/mol. The first-order chi connectivity index (χ1) is 16.3. The van der Waals surface area contributed by atoms with Crippen LogP contribution < -0.4 is 4.74 Å². The Hall–Kier alpha value is -2.97. The maximum absolute atomic E-state index is 13.1. The molecule has 2 rings (SSSR count). The number of aliphatic hydroxyl groups excluding tert-OH is 1. The van der Waals surface area contributed by atoms with Gasteiger partial charge < -0.3 is 24.1 Å². The minimum atomic E-state index is -1.34. The lowest BCUT2D eigenvalue weighted by molar-refractivity contribution is -0.179. The minimum absolute atomic E-state index is 0.0693. The van der Waals surface area contributed by atoms with Crippen molar-refractivity contribution in [3.63, 3.8) is 0 Å². The number of esters is 2. The summed E-state index contributed by atoms with van der Waals surface area (Å²) in [7, 11) is 1.20. The van der Waals surface area contributed by atoms with Crippen LogP contribution in [0.3, 0.4) is 0 Å². The SMILES string of the molecule is COC(=O)C(C(=O)OC(C)(C)C)[C@H](CC(O)OC(C)(C)C)c1cncc(OCc2ccccc2)c1. The van der Waals surface area contributed by atoms with E-state index in [1.54, 1.807) is 53.8 Å². The zero-order valence-corrected chi connectivity index (χ0v) is 21.6. The summed E-state index contributed by atoms with van der Waals surface area (Å²) in [6, 6.07) is 11.3. The largest absolute Gasteiger partial charge is 0.487 e. The molecule has 2 aromatic rings. The van der Waals surface area contributed by atoms with E-state index in [2.05, 4.69) is 4.98 Å². The highest BCUT2D eigenvalue weighted by molar-refractivity contribution is 5.96. The van der Waals surface area contributed by atoms with Gasteiger partial charge in [0, 0.05) is 18.5 Å². The molecule has 0 bridgehead atoms. The maximum atomic E-state index is 13.1. The number of nitrogens with zero attached hydrogens (tertiary/aromatic N) is 1. The number of aliphatic hydroxyl groups is 1. The topological polar surface area (TPSA) is 104 Å². The third-order valence-corrected chi connectivity index (χ3v) is 4.87. The number of benzene rings is 1. The second kappa shape index (κ2) is 12.1. The van der Waals surface area contributed by atoms with Crippen molar-refractivity contribution in [2.45, 2.75) is 78.0 Å². The van der Waals surface area contributed by atoms with Crippen LogP contribution in [-0.2, 0) is 30.4 Å². The molecule has 1 N–H and O–H groups in total. The first kappa shape index (κ1) is 28.3. The van der Waals surface area contributed by atoms with E-state index in [4.69, 9.17) is 18.9 Å². The van der Waals surface area contributed by atoms with Crippen LogP contribution >= 0.6 is 0 Å². The van der Waals surface area contributed by atoms with E-state index in [0.29, 0.717) is 17.9 Å². The van der Waals surface area contributed by atoms with E-state index in [9.17, 15) is 14.7 Å². The van der Waals surface area contributed by atoms with Crippen molar-refractivity contribution in [2.24, 2.45) is 5.92 Å². The molecule has 3 atom stereocenters. The highest BCUT2D eigenvalue weighted by atomic mass is 16.6. The molecule has 0 aliphatic carbocycles. The molecule has 35 heavy (non-hydrogen) atoms. The molecule has 0 fully saturated rings. The smallest absolute Gasteiger partial charge is 0.321 e. The molecule has 8 nitrogen and oxygen atoms in total. The predicted octanol–water partition coefficient (Wildman–Crippen LogP) is 4.40. The molecule has 1 aromatic carbocycles. The minimum Gasteiger partial charge on any atom is -0.487 e. The Bertz CT molecular complexity index is 963. The van der Waals surface area contributed by atoms with Crippen molar-refractivity contribution >= 4 is 11.9 Å². The Morgan fingerprint density at radius 1 is 0.971 bits per heavy atom. The van der Waals surface area contributed by atoms with Crippen LogP contribution in [0, 0.1) is 5.92 Å². The lowest BCUT2D eigenvalue weighted by Crippen LogP contribution is -2.39. The summed E-state index contributed by atoms with van der Waals surface area (Å²) in [5, 5.41) is 10.7. The standard InChI is InChI=1S/C27H37NO7/c1-26(2,3)34-22(29)14-21(23(24(30)32-7)25(31)35-27(4,5)6)19-13-20(16-28-15-19)33-17-18-11-9-8-10-12-18/h8-13,15-16,21-23,29H,14,17H2,1-7H3/t21-,22?,23?/m1/s1. The number of aromatic nitrogens is 1. The summed E-state index contributed by atoms with van der Waals surface area (Å²) in [5.41, 5.74) is 0.0149. The van der Waals surface area contributed by atoms with Gasteiger partial charge in [0.2, 0.25) is 0 Å². The predicted molar refractivity (Wildman–Crippen MR) is 131 cm³/mol. The fraction of sp³-hybridized carbons (Fsp3) is 0.519. The summed E-state index contributed by atoms with van der Waals surface area (Å²) < 4.78 is 22.0. The molecule has 192 valence electrons. The van der Waals surface area contributed by atoms with Crippen LogP contribution in [-0.4, -0.2) is 46.6 Å². The first-order valence-corrected chi connectivity index (χ1v) is 11.6. The van der Waals surface area contributed by atoms with Gasteiger partial charge in [0.25, 0.3) is 0 Å². The molecule has 0 aliphatic heterocycles. The van der Waals surface area contributed by atoms with Gasteiger partial charge in [-0.05, 0) is 58.7 Å². The Balaban J connectivity index is 2.41. The fourth-order valence-electron chi connectivity index (χ4n) is 3.51. The molecule has 1 heterocycles. The summed E-state index contributed by atoms with van der Waals surface area (Å²) in [6.45, 7) is 10.9. The molecule has 0 spiro atoms. The van der Waals surface area contributed by atoms with Crippen LogP contribution in [0.4, 0.5) is 0 Å². The maximum Gasteiger partial charge on any atom is 0.321 e. The van der Waals surface area contributed by atoms with Crippen LogP contribution in [0.1, 0.15) is 65.0 Å². The number of hydrogen-bond donors (Lipinski definition) is 1. The molecule has 0 saturated heterocycles. The molecular weight excluding hydrogens is 450 g/mol. The number of hydrogen-bond acceptors (Lipinski definition) is 8. The highest BCUT2D eigenvalue weighted by Crippen LogP contribution is 2.35. The molecular formula is C27H37NO7. The molecule has 0 amide bonds. The average molecular weight is 488 g/mol. The summed E-state index contributed by atoms with van der Waals surface area (Å²) in [5.74, 6) is -3.27. The van der Waals surface area contributed by atoms with Crippen LogP contribution in [0.25, 0.3) is 0 Å². The number of ether oxygens (including phenoxy) is 4. The van der Waals surface area contributed by atoms with Crippen LogP contribution in [0.5, 0.6) is 5.75 Å². The number of rotatable bonds is 10. The molecule has 2 unspecified atom stereocenters. The summed E-state index contributed by atoms with van der Waals surface area (Å²) in [4.78, 5) is 30.2. The number of carbonyl (C=O) groups is 2. The molecule has 0 saturated carbocycles. The van der Waals surface area contributed by atoms with Gasteiger partial charge >= 0.3 is 11.9 Å². The third-order valence-electron chi connectivity index (χ3n) is 4.87.